The summed E-state index contributed by atoms with van der Waals surface area (Å²) in [5.74, 6) is -1.49. The number of anilines is 1. The Morgan fingerprint density at radius 2 is 1.63 bits per heavy atom. The zero-order chi connectivity index (χ0) is 29.8. The molecule has 3 aromatic carbocycles. The van der Waals surface area contributed by atoms with Gasteiger partial charge in [-0.25, -0.2) is 13.8 Å². The SMILES string of the molecule is O=C(NCc1ccc(F)cc1)C1C=CC2=C(C1)N=C(c1ccc(F)cc1)c1ccccc1N2C(=O)CCN1CCOCC1. The first-order valence-electron chi connectivity index (χ1n) is 14.5. The van der Waals surface area contributed by atoms with Gasteiger partial charge < -0.3 is 10.1 Å². The number of carbonyl (C=O) groups is 2. The summed E-state index contributed by atoms with van der Waals surface area (Å²) in [6, 6.07) is 19.7. The summed E-state index contributed by atoms with van der Waals surface area (Å²) in [5, 5.41) is 2.93. The number of benzene rings is 3. The van der Waals surface area contributed by atoms with Gasteiger partial charge in [0, 0.05) is 50.1 Å². The Bertz CT molecular complexity index is 1590. The van der Waals surface area contributed by atoms with Crippen LogP contribution in [0.25, 0.3) is 0 Å². The Morgan fingerprint density at radius 1 is 0.930 bits per heavy atom. The minimum absolute atomic E-state index is 0.0779. The molecule has 0 bridgehead atoms. The number of allylic oxidation sites excluding steroid dienone is 2. The Labute approximate surface area is 249 Å². The van der Waals surface area contributed by atoms with E-state index in [4.69, 9.17) is 9.73 Å². The molecular weight excluding hydrogens is 550 g/mol. The molecule has 2 amide bonds. The average Bonchev–Trinajstić information content (AvgIpc) is 3.18. The summed E-state index contributed by atoms with van der Waals surface area (Å²) >= 11 is 0. The highest BCUT2D eigenvalue weighted by molar-refractivity contribution is 6.19. The normalized spacial score (nSPS) is 18.4. The van der Waals surface area contributed by atoms with Crippen LogP contribution in [0.15, 0.2) is 101 Å². The summed E-state index contributed by atoms with van der Waals surface area (Å²) in [6.45, 7) is 3.73. The van der Waals surface area contributed by atoms with Crippen molar-refractivity contribution in [2.24, 2.45) is 10.9 Å². The number of halogens is 2. The number of ether oxygens (including phenoxy) is 1. The van der Waals surface area contributed by atoms with E-state index in [1.165, 1.54) is 24.3 Å². The Morgan fingerprint density at radius 3 is 2.37 bits per heavy atom. The van der Waals surface area contributed by atoms with Crippen LogP contribution in [-0.2, 0) is 20.9 Å². The summed E-state index contributed by atoms with van der Waals surface area (Å²) in [7, 11) is 0. The van der Waals surface area contributed by atoms with E-state index in [1.54, 1.807) is 29.2 Å². The van der Waals surface area contributed by atoms with Crippen molar-refractivity contribution in [3.8, 4) is 0 Å². The summed E-state index contributed by atoms with van der Waals surface area (Å²) < 4.78 is 32.6. The molecule has 0 saturated carbocycles. The molecule has 1 N–H and O–H groups in total. The number of carbonyl (C=O) groups excluding carboxylic acids is 2. The monoisotopic (exact) mass is 582 g/mol. The molecule has 1 fully saturated rings. The van der Waals surface area contributed by atoms with Crippen LogP contribution in [0.5, 0.6) is 0 Å². The molecule has 220 valence electrons. The highest BCUT2D eigenvalue weighted by Crippen LogP contribution is 2.37. The first-order valence-corrected chi connectivity index (χ1v) is 14.5. The van der Waals surface area contributed by atoms with Gasteiger partial charge in [0.15, 0.2) is 0 Å². The Hall–Kier alpha value is -4.47. The van der Waals surface area contributed by atoms with Crippen molar-refractivity contribution < 1.29 is 23.1 Å². The number of fused-ring (bicyclic) bond motifs is 1. The van der Waals surface area contributed by atoms with Gasteiger partial charge in [-0.05, 0) is 54.1 Å². The van der Waals surface area contributed by atoms with Crippen molar-refractivity contribution in [3.63, 3.8) is 0 Å². The third-order valence-corrected chi connectivity index (χ3v) is 7.91. The van der Waals surface area contributed by atoms with Crippen molar-refractivity contribution in [1.82, 2.24) is 10.2 Å². The lowest BCUT2D eigenvalue weighted by Crippen LogP contribution is -2.40. The van der Waals surface area contributed by atoms with Crippen LogP contribution in [0.4, 0.5) is 14.5 Å². The van der Waals surface area contributed by atoms with E-state index in [0.29, 0.717) is 54.5 Å². The topological polar surface area (TPSA) is 74.2 Å². The third kappa shape index (κ3) is 6.48. The van der Waals surface area contributed by atoms with E-state index in [9.17, 15) is 18.4 Å². The highest BCUT2D eigenvalue weighted by Gasteiger charge is 2.33. The number of hydrogen-bond acceptors (Lipinski definition) is 5. The number of hydrogen-bond donors (Lipinski definition) is 1. The summed E-state index contributed by atoms with van der Waals surface area (Å²) in [5.41, 5.74) is 4.75. The second kappa shape index (κ2) is 12.8. The first kappa shape index (κ1) is 28.6. The quantitative estimate of drug-likeness (QED) is 0.427. The maximum Gasteiger partial charge on any atom is 0.232 e. The summed E-state index contributed by atoms with van der Waals surface area (Å²) in [4.78, 5) is 36.2. The number of amides is 2. The van der Waals surface area contributed by atoms with E-state index in [1.807, 2.05) is 36.4 Å². The molecule has 0 spiro atoms. The van der Waals surface area contributed by atoms with Crippen molar-refractivity contribution in [2.75, 3.05) is 37.7 Å². The Kier molecular flexibility index (Phi) is 8.53. The molecule has 3 aliphatic rings. The van der Waals surface area contributed by atoms with E-state index in [-0.39, 0.29) is 36.4 Å². The first-order chi connectivity index (χ1) is 21.0. The number of aliphatic imine (C=N–C) groups is 1. The third-order valence-electron chi connectivity index (χ3n) is 7.91. The maximum atomic E-state index is 14.0. The van der Waals surface area contributed by atoms with Gasteiger partial charge >= 0.3 is 0 Å². The van der Waals surface area contributed by atoms with Crippen molar-refractivity contribution in [2.45, 2.75) is 19.4 Å². The van der Waals surface area contributed by atoms with Crippen LogP contribution in [-0.4, -0.2) is 55.3 Å². The van der Waals surface area contributed by atoms with Gasteiger partial charge in [-0.15, -0.1) is 0 Å². The van der Waals surface area contributed by atoms with Crippen LogP contribution in [0.2, 0.25) is 0 Å². The van der Waals surface area contributed by atoms with Gasteiger partial charge in [0.2, 0.25) is 11.8 Å². The number of para-hydroxylation sites is 1. The van der Waals surface area contributed by atoms with Crippen molar-refractivity contribution in [1.29, 1.82) is 0 Å². The second-order valence-electron chi connectivity index (χ2n) is 10.8. The molecule has 9 heteroatoms. The molecule has 6 rings (SSSR count). The lowest BCUT2D eigenvalue weighted by atomic mass is 9.94. The number of nitrogens with one attached hydrogen (secondary N) is 1. The molecule has 0 radical (unpaired) electrons. The van der Waals surface area contributed by atoms with Crippen molar-refractivity contribution >= 4 is 23.2 Å². The van der Waals surface area contributed by atoms with Crippen LogP contribution in [0.1, 0.15) is 29.5 Å². The molecule has 2 heterocycles. The van der Waals surface area contributed by atoms with Gasteiger partial charge in [-0.3, -0.25) is 19.4 Å². The standard InChI is InChI=1S/C34H32F2N4O3/c35-26-10-5-23(6-11-26)22-37-34(42)25-9-14-31-29(21-25)38-33(24-7-12-27(36)13-8-24)28-3-1-2-4-30(28)40(31)32(41)15-16-39-17-19-43-20-18-39/h1-14,25H,15-22H2,(H,37,42). The average molecular weight is 583 g/mol. The largest absolute Gasteiger partial charge is 0.379 e. The fraction of sp³-hybridized carbons (Fsp3) is 0.265. The van der Waals surface area contributed by atoms with Crippen LogP contribution >= 0.6 is 0 Å². The molecule has 1 aliphatic carbocycles. The van der Waals surface area contributed by atoms with E-state index >= 15 is 0 Å². The molecule has 1 unspecified atom stereocenters. The van der Waals surface area contributed by atoms with Gasteiger partial charge in [0.1, 0.15) is 11.6 Å². The van der Waals surface area contributed by atoms with Crippen molar-refractivity contribution in [3.05, 3.63) is 125 Å². The summed E-state index contributed by atoms with van der Waals surface area (Å²) in [6.07, 6.45) is 4.18. The fourth-order valence-corrected chi connectivity index (χ4v) is 5.57. The smallest absolute Gasteiger partial charge is 0.232 e. The molecule has 0 aromatic heterocycles. The molecule has 1 saturated heterocycles. The number of morpholine rings is 1. The molecule has 3 aromatic rings. The number of rotatable bonds is 7. The predicted octanol–water partition coefficient (Wildman–Crippen LogP) is 4.98. The second-order valence-corrected chi connectivity index (χ2v) is 10.8. The fourth-order valence-electron chi connectivity index (χ4n) is 5.57. The zero-order valence-corrected chi connectivity index (χ0v) is 23.6. The van der Waals surface area contributed by atoms with Gasteiger partial charge in [0.25, 0.3) is 0 Å². The van der Waals surface area contributed by atoms with Gasteiger partial charge in [-0.2, -0.15) is 0 Å². The zero-order valence-electron chi connectivity index (χ0n) is 23.6. The van der Waals surface area contributed by atoms with Gasteiger partial charge in [0.05, 0.1) is 41.9 Å². The Balaban J connectivity index is 1.32. The predicted molar refractivity (Wildman–Crippen MR) is 160 cm³/mol. The molecular formula is C34H32F2N4O3. The number of nitrogens with zero attached hydrogens (tertiary/aromatic N) is 3. The van der Waals surface area contributed by atoms with Crippen LogP contribution in [0, 0.1) is 17.6 Å². The highest BCUT2D eigenvalue weighted by atomic mass is 19.1. The lowest BCUT2D eigenvalue weighted by molar-refractivity contribution is -0.123. The molecule has 43 heavy (non-hydrogen) atoms. The minimum atomic E-state index is -0.524. The lowest BCUT2D eigenvalue weighted by Gasteiger charge is -2.30. The minimum Gasteiger partial charge on any atom is -0.379 e. The van der Waals surface area contributed by atoms with E-state index in [0.717, 1.165) is 24.2 Å². The van der Waals surface area contributed by atoms with Crippen LogP contribution in [0.3, 0.4) is 0 Å². The maximum absolute atomic E-state index is 14.0. The molecule has 7 nitrogen and oxygen atoms in total. The molecule has 2 aliphatic heterocycles. The van der Waals surface area contributed by atoms with E-state index < -0.39 is 5.92 Å². The van der Waals surface area contributed by atoms with Crippen LogP contribution < -0.4 is 10.2 Å². The van der Waals surface area contributed by atoms with Gasteiger partial charge in [-0.1, -0.05) is 36.4 Å². The van der Waals surface area contributed by atoms with E-state index in [2.05, 4.69) is 10.2 Å². The molecule has 1 atom stereocenters.